The molecule has 5 rings (SSSR count). The Kier molecular flexibility index (Phi) is 5.48. The molecular formula is C22H24N4O5S. The van der Waals surface area contributed by atoms with Gasteiger partial charge in [-0.2, -0.15) is 9.40 Å². The lowest BCUT2D eigenvalue weighted by molar-refractivity contribution is -0.115. The van der Waals surface area contributed by atoms with E-state index < -0.39 is 10.0 Å². The van der Waals surface area contributed by atoms with Crippen molar-refractivity contribution in [2.45, 2.75) is 30.6 Å². The van der Waals surface area contributed by atoms with Crippen molar-refractivity contribution in [1.82, 2.24) is 14.5 Å². The van der Waals surface area contributed by atoms with Crippen LogP contribution in [0.2, 0.25) is 0 Å². The molecule has 1 saturated heterocycles. The van der Waals surface area contributed by atoms with Gasteiger partial charge in [-0.3, -0.25) is 9.89 Å². The zero-order chi connectivity index (χ0) is 22.1. The second-order valence-corrected chi connectivity index (χ2v) is 9.89. The number of benzene rings is 2. The largest absolute Gasteiger partial charge is 0.490 e. The number of rotatable bonds is 5. The molecule has 0 spiro atoms. The number of fused-ring (bicyclic) bond motifs is 2. The second-order valence-electron chi connectivity index (χ2n) is 7.95. The highest BCUT2D eigenvalue weighted by Gasteiger charge is 2.27. The number of aromatic nitrogens is 2. The van der Waals surface area contributed by atoms with Crippen LogP contribution in [0, 0.1) is 0 Å². The van der Waals surface area contributed by atoms with Crippen molar-refractivity contribution in [3.05, 3.63) is 42.0 Å². The summed E-state index contributed by atoms with van der Waals surface area (Å²) < 4.78 is 38.4. The van der Waals surface area contributed by atoms with Crippen molar-refractivity contribution in [1.29, 1.82) is 0 Å². The SMILES string of the molecule is O=C(Cc1ccc2c(c1)OCCCO2)Nc1n[nH]c2cc(S(=O)(=O)N3CCCC3)ccc12. The first-order valence-corrected chi connectivity index (χ1v) is 12.1. The van der Waals surface area contributed by atoms with E-state index in [9.17, 15) is 13.2 Å². The van der Waals surface area contributed by atoms with E-state index in [1.807, 2.05) is 18.2 Å². The zero-order valence-electron chi connectivity index (χ0n) is 17.5. The molecule has 2 aliphatic rings. The van der Waals surface area contributed by atoms with E-state index in [1.54, 1.807) is 18.2 Å². The van der Waals surface area contributed by atoms with Crippen LogP contribution >= 0.6 is 0 Å². The maximum absolute atomic E-state index is 12.8. The summed E-state index contributed by atoms with van der Waals surface area (Å²) in [6.45, 7) is 2.28. The molecule has 9 nitrogen and oxygen atoms in total. The molecule has 2 aliphatic heterocycles. The zero-order valence-corrected chi connectivity index (χ0v) is 18.3. The van der Waals surface area contributed by atoms with Crippen molar-refractivity contribution < 1.29 is 22.7 Å². The summed E-state index contributed by atoms with van der Waals surface area (Å²) in [4.78, 5) is 12.8. The van der Waals surface area contributed by atoms with Gasteiger partial charge in [0.2, 0.25) is 15.9 Å². The van der Waals surface area contributed by atoms with Crippen molar-refractivity contribution in [3.8, 4) is 11.5 Å². The molecule has 168 valence electrons. The highest BCUT2D eigenvalue weighted by atomic mass is 32.2. The Morgan fingerprint density at radius 2 is 1.81 bits per heavy atom. The topological polar surface area (TPSA) is 114 Å². The van der Waals surface area contributed by atoms with Crippen LogP contribution in [0.1, 0.15) is 24.8 Å². The van der Waals surface area contributed by atoms with Gasteiger partial charge in [0.05, 0.1) is 30.0 Å². The predicted octanol–water partition coefficient (Wildman–Crippen LogP) is 2.69. The number of anilines is 1. The van der Waals surface area contributed by atoms with Gasteiger partial charge in [0.1, 0.15) is 0 Å². The summed E-state index contributed by atoms with van der Waals surface area (Å²) >= 11 is 0. The van der Waals surface area contributed by atoms with Crippen LogP contribution in [-0.4, -0.2) is 55.1 Å². The van der Waals surface area contributed by atoms with Crippen LogP contribution < -0.4 is 14.8 Å². The second kappa shape index (κ2) is 8.44. The molecule has 32 heavy (non-hydrogen) atoms. The Morgan fingerprint density at radius 3 is 2.62 bits per heavy atom. The molecular weight excluding hydrogens is 432 g/mol. The molecule has 1 aromatic heterocycles. The molecule has 0 saturated carbocycles. The number of nitrogens with one attached hydrogen (secondary N) is 2. The Hall–Kier alpha value is -3.11. The Labute approximate surface area is 185 Å². The quantitative estimate of drug-likeness (QED) is 0.610. The van der Waals surface area contributed by atoms with Crippen LogP contribution in [0.25, 0.3) is 10.9 Å². The molecule has 0 radical (unpaired) electrons. The van der Waals surface area contributed by atoms with Gasteiger partial charge < -0.3 is 14.8 Å². The molecule has 0 unspecified atom stereocenters. The summed E-state index contributed by atoms with van der Waals surface area (Å²) in [6.07, 6.45) is 2.72. The third-order valence-electron chi connectivity index (χ3n) is 5.67. The molecule has 3 aromatic rings. The molecule has 1 fully saturated rings. The predicted molar refractivity (Wildman–Crippen MR) is 118 cm³/mol. The maximum Gasteiger partial charge on any atom is 0.243 e. The minimum Gasteiger partial charge on any atom is -0.490 e. The highest BCUT2D eigenvalue weighted by Crippen LogP contribution is 2.31. The lowest BCUT2D eigenvalue weighted by Gasteiger charge is -2.15. The first kappa shape index (κ1) is 20.8. The number of sulfonamides is 1. The molecule has 0 atom stereocenters. The molecule has 0 aliphatic carbocycles. The number of carbonyl (C=O) groups excluding carboxylic acids is 1. The fourth-order valence-electron chi connectivity index (χ4n) is 4.01. The number of hydrogen-bond donors (Lipinski definition) is 2. The first-order valence-electron chi connectivity index (χ1n) is 10.7. The van der Waals surface area contributed by atoms with E-state index in [0.717, 1.165) is 24.8 Å². The number of nitrogens with zero attached hydrogens (tertiary/aromatic N) is 2. The summed E-state index contributed by atoms with van der Waals surface area (Å²) in [6, 6.07) is 10.3. The molecule has 3 heterocycles. The smallest absolute Gasteiger partial charge is 0.243 e. The summed E-state index contributed by atoms with van der Waals surface area (Å²) in [5, 5.41) is 10.5. The molecule has 10 heteroatoms. The third kappa shape index (κ3) is 4.03. The van der Waals surface area contributed by atoms with Gasteiger partial charge in [0.15, 0.2) is 17.3 Å². The van der Waals surface area contributed by atoms with E-state index in [4.69, 9.17) is 9.47 Å². The van der Waals surface area contributed by atoms with Gasteiger partial charge in [0.25, 0.3) is 0 Å². The molecule has 2 aromatic carbocycles. The van der Waals surface area contributed by atoms with Crippen molar-refractivity contribution in [2.75, 3.05) is 31.6 Å². The monoisotopic (exact) mass is 456 g/mol. The maximum atomic E-state index is 12.8. The summed E-state index contributed by atoms with van der Waals surface area (Å²) in [7, 11) is -3.52. The Bertz CT molecular complexity index is 1260. The fraction of sp³-hybridized carbons (Fsp3) is 0.364. The number of ether oxygens (including phenoxy) is 2. The van der Waals surface area contributed by atoms with Crippen LogP contribution in [0.15, 0.2) is 41.3 Å². The van der Waals surface area contributed by atoms with Crippen molar-refractivity contribution in [2.24, 2.45) is 0 Å². The first-order chi connectivity index (χ1) is 15.5. The van der Waals surface area contributed by atoms with Gasteiger partial charge in [0, 0.05) is 24.9 Å². The van der Waals surface area contributed by atoms with Gasteiger partial charge >= 0.3 is 0 Å². The van der Waals surface area contributed by atoms with Gasteiger partial charge in [-0.05, 0) is 48.7 Å². The van der Waals surface area contributed by atoms with E-state index in [2.05, 4.69) is 15.5 Å². The Morgan fingerprint density at radius 1 is 1.03 bits per heavy atom. The van der Waals surface area contributed by atoms with Crippen molar-refractivity contribution >= 4 is 32.7 Å². The van der Waals surface area contributed by atoms with Crippen LogP contribution in [-0.2, 0) is 21.2 Å². The lowest BCUT2D eigenvalue weighted by Crippen LogP contribution is -2.27. The lowest BCUT2D eigenvalue weighted by atomic mass is 10.1. The average molecular weight is 457 g/mol. The number of aromatic amines is 1. The van der Waals surface area contributed by atoms with Crippen molar-refractivity contribution in [3.63, 3.8) is 0 Å². The van der Waals surface area contributed by atoms with Crippen LogP contribution in [0.3, 0.4) is 0 Å². The van der Waals surface area contributed by atoms with Gasteiger partial charge in [-0.15, -0.1) is 0 Å². The Balaban J connectivity index is 1.31. The van der Waals surface area contributed by atoms with E-state index in [1.165, 1.54) is 4.31 Å². The molecule has 1 amide bonds. The van der Waals surface area contributed by atoms with Gasteiger partial charge in [-0.25, -0.2) is 8.42 Å². The molecule has 0 bridgehead atoms. The molecule has 2 N–H and O–H groups in total. The number of amides is 1. The number of hydrogen-bond acceptors (Lipinski definition) is 6. The highest BCUT2D eigenvalue weighted by molar-refractivity contribution is 7.89. The van der Waals surface area contributed by atoms with E-state index in [0.29, 0.717) is 54.5 Å². The fourth-order valence-corrected chi connectivity index (χ4v) is 5.56. The number of H-pyrrole nitrogens is 1. The third-order valence-corrected chi connectivity index (χ3v) is 7.57. The van der Waals surface area contributed by atoms with Crippen LogP contribution in [0.4, 0.5) is 5.82 Å². The average Bonchev–Trinajstić information content (AvgIpc) is 3.40. The van der Waals surface area contributed by atoms with Crippen LogP contribution in [0.5, 0.6) is 11.5 Å². The normalized spacial score (nSPS) is 16.8. The minimum absolute atomic E-state index is 0.145. The number of carbonyl (C=O) groups is 1. The summed E-state index contributed by atoms with van der Waals surface area (Å²) in [5.74, 6) is 1.46. The van der Waals surface area contributed by atoms with E-state index in [-0.39, 0.29) is 17.2 Å². The van der Waals surface area contributed by atoms with Gasteiger partial charge in [-0.1, -0.05) is 6.07 Å². The summed E-state index contributed by atoms with van der Waals surface area (Å²) in [5.41, 5.74) is 1.35. The van der Waals surface area contributed by atoms with E-state index >= 15 is 0 Å². The minimum atomic E-state index is -3.52. The standard InChI is InChI=1S/C22H24N4O5S/c27-21(13-15-4-7-19-20(12-15)31-11-3-10-30-19)23-22-17-6-5-16(14-18(17)24-25-22)32(28,29)26-8-1-2-9-26/h4-7,12,14H,1-3,8-11,13H2,(H2,23,24,25,27).